The van der Waals surface area contributed by atoms with Crippen molar-refractivity contribution >= 4 is 36.9 Å². The first kappa shape index (κ1) is 24.2. The zero-order valence-corrected chi connectivity index (χ0v) is 16.9. The Kier molecular flexibility index (Phi) is 40.7. The molecule has 0 atom stereocenters. The topological polar surface area (TPSA) is 20.2 Å². The van der Waals surface area contributed by atoms with Gasteiger partial charge in [-0.2, -0.15) is 0 Å². The lowest BCUT2D eigenvalue weighted by molar-refractivity contribution is 0.629. The summed E-state index contributed by atoms with van der Waals surface area (Å²) in [6.07, 6.45) is 0. The van der Waals surface area contributed by atoms with Gasteiger partial charge in [0.05, 0.1) is 0 Å². The monoisotopic (exact) mass is 267 g/mol. The Balaban J connectivity index is -0.0000000492. The third-order valence-corrected chi connectivity index (χ3v) is 0. The van der Waals surface area contributed by atoms with Crippen LogP contribution in [-0.4, -0.2) is 41.7 Å². The Morgan fingerprint density at radius 3 is 0.500 bits per heavy atom. The van der Waals surface area contributed by atoms with Crippen molar-refractivity contribution in [1.29, 1.82) is 0 Å². The van der Waals surface area contributed by atoms with Gasteiger partial charge in [-0.25, -0.2) is 0 Å². The van der Waals surface area contributed by atoms with E-state index in [2.05, 4.69) is 58.9 Å². The number of rotatable bonds is 0. The van der Waals surface area contributed by atoms with Gasteiger partial charge >= 0.3 is 0 Å². The molecule has 1 N–H and O–H groups in total. The van der Waals surface area contributed by atoms with Crippen LogP contribution < -0.4 is 0 Å². The molecule has 0 aromatic rings. The summed E-state index contributed by atoms with van der Waals surface area (Å²) in [6, 6.07) is 0. The average Bonchev–Trinajstić information content (AvgIpc) is 1.86. The van der Waals surface area contributed by atoms with Crippen LogP contribution in [0.2, 0.25) is 58.9 Å². The lowest BCUT2D eigenvalue weighted by atomic mass is 11.8. The van der Waals surface area contributed by atoms with Crippen molar-refractivity contribution in [1.82, 2.24) is 0 Å². The molecule has 0 amide bonds. The molecule has 0 bridgehead atoms. The molecule has 0 fully saturated rings. The Labute approximate surface area is 101 Å². The maximum atomic E-state index is 7.14. The first-order valence-corrected chi connectivity index (χ1v) is 14.8. The Morgan fingerprint density at radius 2 is 0.500 bits per heavy atom. The van der Waals surface area contributed by atoms with Crippen LogP contribution >= 0.6 is 0 Å². The molecule has 0 saturated carbocycles. The lowest BCUT2D eigenvalue weighted by Crippen LogP contribution is -1.84. The second-order valence-corrected chi connectivity index (χ2v) is 13.5. The van der Waals surface area contributed by atoms with Gasteiger partial charge in [0.15, 0.2) is 0 Å². The van der Waals surface area contributed by atoms with Gasteiger partial charge in [0.2, 0.25) is 0 Å². The van der Waals surface area contributed by atoms with Crippen molar-refractivity contribution < 1.29 is 4.80 Å². The SMILES string of the molecule is C[Si](C)C.C[Si](C)C.C[Si](C)C.O[SiH3]. The second-order valence-electron chi connectivity index (χ2n) is 4.50. The molecule has 0 aliphatic carbocycles. The number of hydrogen-bond donors (Lipinski definition) is 1. The zero-order valence-electron chi connectivity index (χ0n) is 11.9. The highest BCUT2D eigenvalue weighted by molar-refractivity contribution is 6.54. The quantitative estimate of drug-likeness (QED) is 0.668. The minimum atomic E-state index is 0.120. The standard InChI is InChI=1S/3C3H9Si.H4OSi/c3*1-4(2)3;1-2/h3*1-3H3;1H,2H3. The molecule has 5 heteroatoms. The fourth-order valence-electron chi connectivity index (χ4n) is 0. The fraction of sp³-hybridized carbons (Fsp3) is 1.00. The van der Waals surface area contributed by atoms with Gasteiger partial charge in [-0.15, -0.1) is 0 Å². The fourth-order valence-corrected chi connectivity index (χ4v) is 0. The molecule has 0 aliphatic heterocycles. The molecule has 1 nitrogen and oxygen atoms in total. The second kappa shape index (κ2) is 23.6. The van der Waals surface area contributed by atoms with Crippen molar-refractivity contribution in [2.45, 2.75) is 58.9 Å². The summed E-state index contributed by atoms with van der Waals surface area (Å²) in [4.78, 5) is 7.14. The smallest absolute Gasteiger partial charge is 0.141 e. The molecule has 0 saturated heterocycles. The van der Waals surface area contributed by atoms with Gasteiger partial charge in [-0.3, -0.25) is 0 Å². The third kappa shape index (κ3) is 2620. The highest BCUT2D eigenvalue weighted by Crippen LogP contribution is 1.68. The molecule has 0 spiro atoms. The summed E-state index contributed by atoms with van der Waals surface area (Å²) in [5.74, 6) is 0. The molecular formula is C9H31OSi4. The largest absolute Gasteiger partial charge is 0.442 e. The van der Waals surface area contributed by atoms with Crippen LogP contribution in [0.4, 0.5) is 0 Å². The van der Waals surface area contributed by atoms with Crippen LogP contribution in [0, 0.1) is 0 Å². The maximum Gasteiger partial charge on any atom is 0.141 e. The molecule has 0 aromatic carbocycles. The highest BCUT2D eigenvalue weighted by atomic mass is 28.3. The van der Waals surface area contributed by atoms with E-state index in [0.29, 0.717) is 10.5 Å². The van der Waals surface area contributed by atoms with E-state index < -0.39 is 0 Å². The minimum Gasteiger partial charge on any atom is -0.442 e. The van der Waals surface area contributed by atoms with Gasteiger partial charge in [-0.1, -0.05) is 58.9 Å². The Bertz CT molecular complexity index is 45.3. The summed E-state index contributed by atoms with van der Waals surface area (Å²) in [7, 11) is 0.667. The Hall–Kier alpha value is 0.828. The minimum absolute atomic E-state index is 0.120. The molecule has 0 aliphatic rings. The molecule has 0 unspecified atom stereocenters. The van der Waals surface area contributed by atoms with Gasteiger partial charge < -0.3 is 4.80 Å². The van der Waals surface area contributed by atoms with Crippen LogP contribution in [0.25, 0.3) is 0 Å². The normalized spacial score (nSPS) is 8.36. The van der Waals surface area contributed by atoms with Crippen molar-refractivity contribution in [3.63, 3.8) is 0 Å². The summed E-state index contributed by atoms with van der Waals surface area (Å²) < 4.78 is 0. The molecule has 0 aromatic heterocycles. The third-order valence-electron chi connectivity index (χ3n) is 0. The maximum absolute atomic E-state index is 7.14. The van der Waals surface area contributed by atoms with E-state index in [1.807, 2.05) is 0 Å². The number of hydrogen-bond acceptors (Lipinski definition) is 1. The van der Waals surface area contributed by atoms with Gasteiger partial charge in [0.25, 0.3) is 0 Å². The summed E-state index contributed by atoms with van der Waals surface area (Å²) in [6.45, 7) is 20.4. The van der Waals surface area contributed by atoms with Crippen molar-refractivity contribution in [3.8, 4) is 0 Å². The van der Waals surface area contributed by atoms with Gasteiger partial charge in [0, 0.05) is 26.4 Å². The predicted molar refractivity (Wildman–Crippen MR) is 82.2 cm³/mol. The summed E-state index contributed by atoms with van der Waals surface area (Å²) in [5, 5.41) is 0. The van der Waals surface area contributed by atoms with Crippen molar-refractivity contribution in [2.24, 2.45) is 0 Å². The first-order chi connectivity index (χ1) is 6.20. The predicted octanol–water partition coefficient (Wildman–Crippen LogP) is 2.37. The van der Waals surface area contributed by atoms with Crippen LogP contribution in [0.15, 0.2) is 0 Å². The van der Waals surface area contributed by atoms with Crippen molar-refractivity contribution in [2.75, 3.05) is 0 Å². The highest BCUT2D eigenvalue weighted by Gasteiger charge is 1.72. The van der Waals surface area contributed by atoms with Crippen LogP contribution in [-0.2, 0) is 0 Å². The van der Waals surface area contributed by atoms with Gasteiger partial charge in [-0.05, 0) is 0 Å². The van der Waals surface area contributed by atoms with Crippen LogP contribution in [0.3, 0.4) is 0 Å². The summed E-state index contributed by atoms with van der Waals surface area (Å²) >= 11 is 0. The van der Waals surface area contributed by atoms with E-state index in [9.17, 15) is 0 Å². The lowest BCUT2D eigenvalue weighted by Gasteiger charge is -1.75. The first-order valence-electron chi connectivity index (χ1n) is 4.95. The average molecular weight is 268 g/mol. The van der Waals surface area contributed by atoms with Crippen LogP contribution in [0.1, 0.15) is 0 Å². The van der Waals surface area contributed by atoms with Crippen LogP contribution in [0.5, 0.6) is 0 Å². The van der Waals surface area contributed by atoms with E-state index >= 15 is 0 Å². The molecule has 89 valence electrons. The zero-order chi connectivity index (χ0) is 12.7. The van der Waals surface area contributed by atoms with E-state index in [4.69, 9.17) is 4.80 Å². The van der Waals surface area contributed by atoms with Gasteiger partial charge in [0.1, 0.15) is 10.5 Å². The molecule has 0 heterocycles. The van der Waals surface area contributed by atoms with E-state index in [1.54, 1.807) is 0 Å². The molecule has 0 rings (SSSR count). The summed E-state index contributed by atoms with van der Waals surface area (Å²) in [5.41, 5.74) is 0. The molecule has 3 radical (unpaired) electrons. The van der Waals surface area contributed by atoms with Crippen molar-refractivity contribution in [3.05, 3.63) is 0 Å². The Morgan fingerprint density at radius 1 is 0.500 bits per heavy atom. The van der Waals surface area contributed by atoms with E-state index in [0.717, 1.165) is 0 Å². The van der Waals surface area contributed by atoms with E-state index in [-0.39, 0.29) is 26.4 Å². The van der Waals surface area contributed by atoms with E-state index in [1.165, 1.54) is 0 Å². The molecule has 14 heavy (non-hydrogen) atoms. The molecular weight excluding hydrogens is 236 g/mol.